The molecule has 2 aromatic rings. The summed E-state index contributed by atoms with van der Waals surface area (Å²) in [5.41, 5.74) is 2.22. The monoisotopic (exact) mass is 222 g/mol. The van der Waals surface area contributed by atoms with Crippen molar-refractivity contribution in [3.63, 3.8) is 0 Å². The van der Waals surface area contributed by atoms with Crippen molar-refractivity contribution in [1.82, 2.24) is 0 Å². The number of hydrogen-bond acceptors (Lipinski definition) is 1. The molecule has 1 heteroatoms. The van der Waals surface area contributed by atoms with Gasteiger partial charge in [0.2, 0.25) is 0 Å². The van der Waals surface area contributed by atoms with Gasteiger partial charge in [-0.2, -0.15) is 0 Å². The number of rotatable bonds is 1. The molecule has 0 saturated carbocycles. The van der Waals surface area contributed by atoms with Crippen molar-refractivity contribution in [3.8, 4) is 5.75 Å². The molecule has 0 spiro atoms. The fraction of sp³-hybridized carbons (Fsp3) is 0.125. The highest BCUT2D eigenvalue weighted by molar-refractivity contribution is 5.96. The predicted octanol–water partition coefficient (Wildman–Crippen LogP) is 4.28. The van der Waals surface area contributed by atoms with Gasteiger partial charge in [0.1, 0.15) is 5.75 Å². The maximum Gasteiger partial charge on any atom is 0.123 e. The van der Waals surface area contributed by atoms with Crippen LogP contribution in [0.2, 0.25) is 0 Å². The van der Waals surface area contributed by atoms with Gasteiger partial charge < -0.3 is 5.11 Å². The third-order valence-electron chi connectivity index (χ3n) is 3.24. The number of aromatic hydroxyl groups is 1. The third kappa shape index (κ3) is 1.74. The molecule has 0 saturated heterocycles. The van der Waals surface area contributed by atoms with Gasteiger partial charge in [0.25, 0.3) is 0 Å². The second-order valence-corrected chi connectivity index (χ2v) is 4.34. The number of hydrogen-bond donors (Lipinski definition) is 1. The lowest BCUT2D eigenvalue weighted by Gasteiger charge is -2.14. The standard InChI is InChI=1S/C16H14O/c17-15-11-10-12-6-4-5-9-14(12)16(15)13-7-2-1-3-8-13/h1-2,4-7,9-11,17H,3,8H2. The molecule has 0 bridgehead atoms. The molecule has 0 amide bonds. The molecule has 0 atom stereocenters. The Morgan fingerprint density at radius 3 is 2.71 bits per heavy atom. The number of allylic oxidation sites excluding steroid dienone is 4. The summed E-state index contributed by atoms with van der Waals surface area (Å²) >= 11 is 0. The summed E-state index contributed by atoms with van der Waals surface area (Å²) in [6, 6.07) is 12.0. The normalized spacial score (nSPS) is 14.9. The highest BCUT2D eigenvalue weighted by atomic mass is 16.3. The van der Waals surface area contributed by atoms with Crippen LogP contribution < -0.4 is 0 Å². The van der Waals surface area contributed by atoms with Crippen LogP contribution in [0.4, 0.5) is 0 Å². The average Bonchev–Trinajstić information content (AvgIpc) is 2.39. The first kappa shape index (κ1) is 10.2. The fourth-order valence-electron chi connectivity index (χ4n) is 2.41. The zero-order chi connectivity index (χ0) is 11.7. The molecule has 1 aliphatic rings. The van der Waals surface area contributed by atoms with Crippen molar-refractivity contribution in [2.45, 2.75) is 12.8 Å². The average molecular weight is 222 g/mol. The summed E-state index contributed by atoms with van der Waals surface area (Å²) in [4.78, 5) is 0. The van der Waals surface area contributed by atoms with E-state index in [1.54, 1.807) is 6.07 Å². The van der Waals surface area contributed by atoms with Crippen LogP contribution in [0.25, 0.3) is 16.3 Å². The van der Waals surface area contributed by atoms with Crippen LogP contribution in [0.3, 0.4) is 0 Å². The lowest BCUT2D eigenvalue weighted by Crippen LogP contribution is -1.90. The zero-order valence-corrected chi connectivity index (χ0v) is 9.56. The van der Waals surface area contributed by atoms with E-state index in [1.807, 2.05) is 18.2 Å². The molecule has 1 nitrogen and oxygen atoms in total. The first-order chi connectivity index (χ1) is 8.36. The van der Waals surface area contributed by atoms with E-state index in [4.69, 9.17) is 0 Å². The summed E-state index contributed by atoms with van der Waals surface area (Å²) in [5.74, 6) is 0.380. The van der Waals surface area contributed by atoms with Gasteiger partial charge >= 0.3 is 0 Å². The molecule has 84 valence electrons. The van der Waals surface area contributed by atoms with Crippen LogP contribution in [0.15, 0.2) is 54.6 Å². The van der Waals surface area contributed by atoms with Crippen LogP contribution in [0.5, 0.6) is 5.75 Å². The number of phenolic OH excluding ortho intramolecular Hbond substituents is 1. The lowest BCUT2D eigenvalue weighted by atomic mass is 9.92. The van der Waals surface area contributed by atoms with Crippen LogP contribution in [-0.2, 0) is 0 Å². The van der Waals surface area contributed by atoms with Crippen LogP contribution >= 0.6 is 0 Å². The summed E-state index contributed by atoms with van der Waals surface area (Å²) in [6.45, 7) is 0. The molecular formula is C16H14O. The first-order valence-corrected chi connectivity index (χ1v) is 5.93. The molecule has 2 aromatic carbocycles. The number of fused-ring (bicyclic) bond motifs is 1. The van der Waals surface area contributed by atoms with E-state index < -0.39 is 0 Å². The highest BCUT2D eigenvalue weighted by Crippen LogP contribution is 2.36. The van der Waals surface area contributed by atoms with Crippen LogP contribution in [0.1, 0.15) is 18.4 Å². The highest BCUT2D eigenvalue weighted by Gasteiger charge is 2.11. The molecule has 0 radical (unpaired) electrons. The molecule has 1 aliphatic carbocycles. The smallest absolute Gasteiger partial charge is 0.123 e. The lowest BCUT2D eigenvalue weighted by molar-refractivity contribution is 0.474. The minimum Gasteiger partial charge on any atom is -0.507 e. The number of phenols is 1. The van der Waals surface area contributed by atoms with E-state index >= 15 is 0 Å². The molecule has 17 heavy (non-hydrogen) atoms. The summed E-state index contributed by atoms with van der Waals surface area (Å²) < 4.78 is 0. The van der Waals surface area contributed by atoms with E-state index in [0.29, 0.717) is 5.75 Å². The Morgan fingerprint density at radius 1 is 1.00 bits per heavy atom. The minimum absolute atomic E-state index is 0.380. The van der Waals surface area contributed by atoms with Gasteiger partial charge in [-0.1, -0.05) is 48.6 Å². The van der Waals surface area contributed by atoms with Crippen molar-refractivity contribution in [2.75, 3.05) is 0 Å². The van der Waals surface area contributed by atoms with Crippen LogP contribution in [0, 0.1) is 0 Å². The van der Waals surface area contributed by atoms with Crippen molar-refractivity contribution in [2.24, 2.45) is 0 Å². The van der Waals surface area contributed by atoms with Gasteiger partial charge in [0.15, 0.2) is 0 Å². The molecule has 0 aliphatic heterocycles. The third-order valence-corrected chi connectivity index (χ3v) is 3.24. The molecule has 3 rings (SSSR count). The Kier molecular flexibility index (Phi) is 2.45. The Bertz CT molecular complexity index is 620. The van der Waals surface area contributed by atoms with E-state index in [0.717, 1.165) is 23.8 Å². The van der Waals surface area contributed by atoms with E-state index in [9.17, 15) is 5.11 Å². The van der Waals surface area contributed by atoms with E-state index in [2.05, 4.69) is 30.4 Å². The SMILES string of the molecule is Oc1ccc2ccccc2c1C1=CC=CCC1. The van der Waals surface area contributed by atoms with Crippen LogP contribution in [-0.4, -0.2) is 5.11 Å². The van der Waals surface area contributed by atoms with Gasteiger partial charge in [-0.05, 0) is 35.3 Å². The summed E-state index contributed by atoms with van der Waals surface area (Å²) in [7, 11) is 0. The van der Waals surface area contributed by atoms with Crippen molar-refractivity contribution >= 4 is 16.3 Å². The van der Waals surface area contributed by atoms with Gasteiger partial charge in [0, 0.05) is 5.56 Å². The maximum atomic E-state index is 10.1. The Balaban J connectivity index is 2.30. The van der Waals surface area contributed by atoms with E-state index in [-0.39, 0.29) is 0 Å². The second kappa shape index (κ2) is 4.10. The molecular weight excluding hydrogens is 208 g/mol. The molecule has 0 aromatic heterocycles. The summed E-state index contributed by atoms with van der Waals surface area (Å²) in [5, 5.41) is 12.4. The summed E-state index contributed by atoms with van der Waals surface area (Å²) in [6.07, 6.45) is 8.38. The second-order valence-electron chi connectivity index (χ2n) is 4.34. The van der Waals surface area contributed by atoms with Gasteiger partial charge in [-0.25, -0.2) is 0 Å². The quantitative estimate of drug-likeness (QED) is 0.763. The Hall–Kier alpha value is -2.02. The van der Waals surface area contributed by atoms with Gasteiger partial charge in [-0.3, -0.25) is 0 Å². The van der Waals surface area contributed by atoms with Gasteiger partial charge in [0.05, 0.1) is 0 Å². The topological polar surface area (TPSA) is 20.2 Å². The molecule has 0 unspecified atom stereocenters. The van der Waals surface area contributed by atoms with Crippen molar-refractivity contribution < 1.29 is 5.11 Å². The molecule has 0 heterocycles. The predicted molar refractivity (Wildman–Crippen MR) is 72.0 cm³/mol. The molecule has 0 fully saturated rings. The largest absolute Gasteiger partial charge is 0.507 e. The minimum atomic E-state index is 0.380. The van der Waals surface area contributed by atoms with Crippen molar-refractivity contribution in [1.29, 1.82) is 0 Å². The fourth-order valence-corrected chi connectivity index (χ4v) is 2.41. The van der Waals surface area contributed by atoms with Gasteiger partial charge in [-0.15, -0.1) is 0 Å². The molecule has 1 N–H and O–H groups in total. The Labute approximate surface area is 101 Å². The van der Waals surface area contributed by atoms with E-state index in [1.165, 1.54) is 11.0 Å². The Morgan fingerprint density at radius 2 is 1.88 bits per heavy atom. The zero-order valence-electron chi connectivity index (χ0n) is 9.56. The number of benzene rings is 2. The maximum absolute atomic E-state index is 10.1. The first-order valence-electron chi connectivity index (χ1n) is 5.93. The van der Waals surface area contributed by atoms with Crippen molar-refractivity contribution in [3.05, 3.63) is 60.2 Å².